The van der Waals surface area contributed by atoms with Gasteiger partial charge in [0.15, 0.2) is 5.69 Å². The zero-order valence-corrected chi connectivity index (χ0v) is 18.3. The van der Waals surface area contributed by atoms with Gasteiger partial charge in [-0.15, -0.1) is 0 Å². The Bertz CT molecular complexity index is 1300. The van der Waals surface area contributed by atoms with Crippen molar-refractivity contribution in [2.75, 3.05) is 18.5 Å². The Labute approximate surface area is 193 Å². The summed E-state index contributed by atoms with van der Waals surface area (Å²) in [5, 5.41) is 3.34. The van der Waals surface area contributed by atoms with E-state index in [1.807, 2.05) is 29.8 Å². The molecule has 0 amide bonds. The Morgan fingerprint density at radius 1 is 1.06 bits per heavy atom. The first-order valence-corrected chi connectivity index (χ1v) is 10.8. The summed E-state index contributed by atoms with van der Waals surface area (Å²) in [5.74, 6) is 1.68. The van der Waals surface area contributed by atoms with Gasteiger partial charge in [-0.2, -0.15) is 18.2 Å². The smallest absolute Gasteiger partial charge is 0.424 e. The van der Waals surface area contributed by atoms with Crippen LogP contribution in [0.25, 0.3) is 11.0 Å². The lowest BCUT2D eigenvalue weighted by atomic mass is 9.98. The molecule has 0 bridgehead atoms. The van der Waals surface area contributed by atoms with E-state index >= 15 is 0 Å². The molecule has 5 rings (SSSR count). The topological polar surface area (TPSA) is 74.1 Å². The maximum Gasteiger partial charge on any atom is 0.433 e. The Balaban J connectivity index is 1.23. The van der Waals surface area contributed by atoms with Gasteiger partial charge in [-0.25, -0.2) is 9.97 Å². The predicted molar refractivity (Wildman–Crippen MR) is 120 cm³/mol. The van der Waals surface area contributed by atoms with Crippen LogP contribution in [0.2, 0.25) is 0 Å². The number of imidazole rings is 1. The molecule has 10 heteroatoms. The fourth-order valence-corrected chi connectivity index (χ4v) is 3.77. The number of halogens is 3. The van der Waals surface area contributed by atoms with Crippen molar-refractivity contribution in [1.82, 2.24) is 19.5 Å². The molecule has 2 aromatic carbocycles. The van der Waals surface area contributed by atoms with Crippen molar-refractivity contribution in [3.63, 3.8) is 0 Å². The van der Waals surface area contributed by atoms with Crippen LogP contribution in [-0.2, 0) is 30.9 Å². The van der Waals surface area contributed by atoms with Gasteiger partial charge >= 0.3 is 12.2 Å². The molecule has 1 N–H and O–H groups in total. The van der Waals surface area contributed by atoms with Crippen LogP contribution in [0.3, 0.4) is 0 Å². The SMILES string of the molecule is Cn1c(NCc2ccc(Oc3nccc(C(F)(F)F)n3)cc2)nc2ccc(CC3COC3)cc21. The minimum absolute atomic E-state index is 0.343. The zero-order chi connectivity index (χ0) is 23.7. The van der Waals surface area contributed by atoms with E-state index in [1.165, 1.54) is 5.56 Å². The van der Waals surface area contributed by atoms with Crippen LogP contribution >= 0.6 is 0 Å². The van der Waals surface area contributed by atoms with Gasteiger partial charge in [0.1, 0.15) is 5.75 Å². The second-order valence-electron chi connectivity index (χ2n) is 8.25. The first-order valence-electron chi connectivity index (χ1n) is 10.8. The third-order valence-corrected chi connectivity index (χ3v) is 5.68. The third kappa shape index (κ3) is 4.81. The Kier molecular flexibility index (Phi) is 5.82. The lowest BCUT2D eigenvalue weighted by molar-refractivity contribution is -0.141. The molecule has 4 aromatic rings. The highest BCUT2D eigenvalue weighted by atomic mass is 19.4. The molecule has 1 saturated heterocycles. The number of aryl methyl sites for hydroxylation is 1. The van der Waals surface area contributed by atoms with Crippen molar-refractivity contribution < 1.29 is 22.6 Å². The molecule has 0 spiro atoms. The highest BCUT2D eigenvalue weighted by molar-refractivity contribution is 5.79. The average Bonchev–Trinajstić information content (AvgIpc) is 3.10. The van der Waals surface area contributed by atoms with Crippen molar-refractivity contribution in [2.45, 2.75) is 19.1 Å². The van der Waals surface area contributed by atoms with Gasteiger partial charge in [0.2, 0.25) is 5.95 Å². The minimum Gasteiger partial charge on any atom is -0.424 e. The van der Waals surface area contributed by atoms with E-state index in [0.717, 1.165) is 54.4 Å². The maximum absolute atomic E-state index is 12.8. The van der Waals surface area contributed by atoms with Crippen LogP contribution in [0, 0.1) is 5.92 Å². The van der Waals surface area contributed by atoms with Gasteiger partial charge in [0.05, 0.1) is 24.2 Å². The van der Waals surface area contributed by atoms with E-state index in [2.05, 4.69) is 32.4 Å². The third-order valence-electron chi connectivity index (χ3n) is 5.68. The molecule has 176 valence electrons. The first-order chi connectivity index (χ1) is 16.3. The number of benzene rings is 2. The van der Waals surface area contributed by atoms with Gasteiger partial charge in [-0.3, -0.25) is 0 Å². The molecular weight excluding hydrogens is 447 g/mol. The van der Waals surface area contributed by atoms with Crippen molar-refractivity contribution in [3.8, 4) is 11.8 Å². The fraction of sp³-hybridized carbons (Fsp3) is 0.292. The number of nitrogens with one attached hydrogen (secondary N) is 1. The van der Waals surface area contributed by atoms with E-state index in [1.54, 1.807) is 12.1 Å². The van der Waals surface area contributed by atoms with E-state index in [4.69, 9.17) is 9.47 Å². The van der Waals surface area contributed by atoms with Crippen molar-refractivity contribution in [3.05, 3.63) is 71.5 Å². The molecule has 0 radical (unpaired) electrons. The highest BCUT2D eigenvalue weighted by Crippen LogP contribution is 2.29. The molecule has 0 atom stereocenters. The second kappa shape index (κ2) is 8.94. The van der Waals surface area contributed by atoms with Gasteiger partial charge in [-0.05, 0) is 47.9 Å². The maximum atomic E-state index is 12.8. The van der Waals surface area contributed by atoms with E-state index in [0.29, 0.717) is 18.2 Å². The summed E-state index contributed by atoms with van der Waals surface area (Å²) < 4.78 is 51.1. The first kappa shape index (κ1) is 22.1. The lowest BCUT2D eigenvalue weighted by Crippen LogP contribution is -2.29. The summed E-state index contributed by atoms with van der Waals surface area (Å²) in [6.07, 6.45) is -2.53. The fourth-order valence-electron chi connectivity index (χ4n) is 3.77. The molecule has 0 aliphatic carbocycles. The number of hydrogen-bond acceptors (Lipinski definition) is 6. The molecular formula is C24H22F3N5O2. The van der Waals surface area contributed by atoms with Crippen molar-refractivity contribution in [1.29, 1.82) is 0 Å². The summed E-state index contributed by atoms with van der Waals surface area (Å²) >= 11 is 0. The normalized spacial score (nSPS) is 14.2. The van der Waals surface area contributed by atoms with E-state index in [-0.39, 0.29) is 6.01 Å². The molecule has 1 aliphatic heterocycles. The highest BCUT2D eigenvalue weighted by Gasteiger charge is 2.33. The molecule has 0 unspecified atom stereocenters. The number of hydrogen-bond donors (Lipinski definition) is 1. The molecule has 1 fully saturated rings. The quantitative estimate of drug-likeness (QED) is 0.412. The number of nitrogens with zero attached hydrogens (tertiary/aromatic N) is 4. The molecule has 3 heterocycles. The van der Waals surface area contributed by atoms with Crippen LogP contribution < -0.4 is 10.1 Å². The molecule has 1 aliphatic rings. The van der Waals surface area contributed by atoms with Gasteiger partial charge < -0.3 is 19.4 Å². The predicted octanol–water partition coefficient (Wildman–Crippen LogP) is 4.98. The Morgan fingerprint density at radius 2 is 1.82 bits per heavy atom. The van der Waals surface area contributed by atoms with Crippen molar-refractivity contribution in [2.24, 2.45) is 13.0 Å². The van der Waals surface area contributed by atoms with Gasteiger partial charge in [0, 0.05) is 25.7 Å². The summed E-state index contributed by atoms with van der Waals surface area (Å²) in [7, 11) is 1.97. The van der Waals surface area contributed by atoms with Crippen LogP contribution in [-0.4, -0.2) is 32.7 Å². The largest absolute Gasteiger partial charge is 0.433 e. The number of fused-ring (bicyclic) bond motifs is 1. The molecule has 0 saturated carbocycles. The lowest BCUT2D eigenvalue weighted by Gasteiger charge is -2.25. The summed E-state index contributed by atoms with van der Waals surface area (Å²) in [4.78, 5) is 11.8. The van der Waals surface area contributed by atoms with Gasteiger partial charge in [0.25, 0.3) is 0 Å². The summed E-state index contributed by atoms with van der Waals surface area (Å²) in [5.41, 5.74) is 3.16. The summed E-state index contributed by atoms with van der Waals surface area (Å²) in [6.45, 7) is 2.17. The number of rotatable bonds is 7. The van der Waals surface area contributed by atoms with Crippen LogP contribution in [0.15, 0.2) is 54.7 Å². The van der Waals surface area contributed by atoms with E-state index < -0.39 is 11.9 Å². The molecule has 34 heavy (non-hydrogen) atoms. The number of alkyl halides is 3. The zero-order valence-electron chi connectivity index (χ0n) is 18.3. The van der Waals surface area contributed by atoms with Gasteiger partial charge in [-0.1, -0.05) is 18.2 Å². The van der Waals surface area contributed by atoms with E-state index in [9.17, 15) is 13.2 Å². The van der Waals surface area contributed by atoms with Crippen molar-refractivity contribution >= 4 is 17.0 Å². The molecule has 7 nitrogen and oxygen atoms in total. The second-order valence-corrected chi connectivity index (χ2v) is 8.25. The average molecular weight is 469 g/mol. The van der Waals surface area contributed by atoms with Crippen LogP contribution in [0.5, 0.6) is 11.8 Å². The standard InChI is InChI=1S/C24H22F3N5O2/c1-32-20-11-16(10-17-13-33-14-17)4-7-19(20)30-22(32)29-12-15-2-5-18(6-3-15)34-23-28-9-8-21(31-23)24(25,26)27/h2-9,11,17H,10,12-14H2,1H3,(H,29,30). The minimum atomic E-state index is -4.56. The summed E-state index contributed by atoms with van der Waals surface area (Å²) in [6, 6.07) is 13.7. The number of anilines is 1. The van der Waals surface area contributed by atoms with Crippen LogP contribution in [0.4, 0.5) is 19.1 Å². The monoisotopic (exact) mass is 469 g/mol. The number of ether oxygens (including phenoxy) is 2. The Morgan fingerprint density at radius 3 is 2.53 bits per heavy atom. The van der Waals surface area contributed by atoms with Crippen LogP contribution in [0.1, 0.15) is 16.8 Å². The number of aromatic nitrogens is 4. The Hall–Kier alpha value is -3.66. The molecule has 2 aromatic heterocycles.